The van der Waals surface area contributed by atoms with Gasteiger partial charge in [-0.1, -0.05) is 83.9 Å². The molecule has 0 fully saturated rings. The smallest absolute Gasteiger partial charge is 0.323 e. The van der Waals surface area contributed by atoms with Crippen LogP contribution in [0.4, 0.5) is 16.2 Å². The Morgan fingerprint density at radius 2 is 1.46 bits per heavy atom. The lowest BCUT2D eigenvalue weighted by Gasteiger charge is -2.24. The maximum atomic E-state index is 14.0. The van der Waals surface area contributed by atoms with E-state index in [1.165, 1.54) is 0 Å². The van der Waals surface area contributed by atoms with Gasteiger partial charge < -0.3 is 20.3 Å². The number of carbonyl (C=O) groups is 3. The predicted octanol–water partition coefficient (Wildman–Crippen LogP) is 7.39. The Balaban J connectivity index is 1.68. The van der Waals surface area contributed by atoms with E-state index in [9.17, 15) is 14.4 Å². The molecule has 0 spiro atoms. The Kier molecular flexibility index (Phi) is 9.41. The third-order valence-electron chi connectivity index (χ3n) is 5.96. The highest BCUT2D eigenvalue weighted by atomic mass is 35.5. The molecule has 0 heterocycles. The van der Waals surface area contributed by atoms with Crippen LogP contribution in [-0.4, -0.2) is 36.0 Å². The molecule has 39 heavy (non-hydrogen) atoms. The van der Waals surface area contributed by atoms with Gasteiger partial charge in [0.15, 0.2) is 0 Å². The summed E-state index contributed by atoms with van der Waals surface area (Å²) in [5.74, 6) is -0.740. The fraction of sp³-hybridized carbons (Fsp3) is 0.167. The van der Waals surface area contributed by atoms with Crippen molar-refractivity contribution in [2.24, 2.45) is 0 Å². The molecule has 0 unspecified atom stereocenters. The maximum absolute atomic E-state index is 14.0. The van der Waals surface area contributed by atoms with Crippen LogP contribution in [0.3, 0.4) is 0 Å². The Hall–Kier alpha value is -4.07. The molecule has 0 aliphatic rings. The minimum Gasteiger partial charge on any atom is -0.466 e. The first-order chi connectivity index (χ1) is 18.9. The Morgan fingerprint density at radius 1 is 0.821 bits per heavy atom. The molecule has 4 rings (SSSR count). The molecule has 0 saturated carbocycles. The van der Waals surface area contributed by atoms with E-state index >= 15 is 0 Å². The van der Waals surface area contributed by atoms with Gasteiger partial charge in [0.25, 0.3) is 5.91 Å². The average Bonchev–Trinajstić information content (AvgIpc) is 2.93. The molecule has 0 saturated heterocycles. The van der Waals surface area contributed by atoms with Crippen molar-refractivity contribution in [2.45, 2.75) is 19.9 Å². The topological polar surface area (TPSA) is 87.7 Å². The summed E-state index contributed by atoms with van der Waals surface area (Å²) in [6, 6.07) is 24.8. The standard InChI is InChI=1S/C30H27Cl2N3O4/c1-2-39-27(36)15-16-35(19-20-9-4-3-5-10-20)29(37)23-17-21-11-6-7-12-22(21)18-26(23)33-30(38)34-28-24(31)13-8-14-25(28)32/h3-14,17-18H,2,15-16,19H2,1H3,(H2,33,34,38). The van der Waals surface area contributed by atoms with Crippen LogP contribution in [0.15, 0.2) is 84.9 Å². The van der Waals surface area contributed by atoms with Crippen LogP contribution < -0.4 is 10.6 Å². The molecule has 4 aromatic rings. The van der Waals surface area contributed by atoms with Gasteiger partial charge in [0, 0.05) is 13.1 Å². The molecule has 0 aliphatic heterocycles. The molecule has 0 aliphatic carbocycles. The first-order valence-corrected chi connectivity index (χ1v) is 13.1. The van der Waals surface area contributed by atoms with Crippen molar-refractivity contribution in [3.63, 3.8) is 0 Å². The molecule has 3 amide bonds. The summed E-state index contributed by atoms with van der Waals surface area (Å²) < 4.78 is 5.07. The number of fused-ring (bicyclic) bond motifs is 1. The highest BCUT2D eigenvalue weighted by molar-refractivity contribution is 6.39. The summed E-state index contributed by atoms with van der Waals surface area (Å²) in [5, 5.41) is 7.66. The van der Waals surface area contributed by atoms with Crippen LogP contribution in [-0.2, 0) is 16.1 Å². The van der Waals surface area contributed by atoms with Crippen molar-refractivity contribution in [1.29, 1.82) is 0 Å². The first-order valence-electron chi connectivity index (χ1n) is 12.4. The molecular formula is C30H27Cl2N3O4. The summed E-state index contributed by atoms with van der Waals surface area (Å²) in [4.78, 5) is 40.7. The third kappa shape index (κ3) is 7.28. The number of nitrogens with zero attached hydrogens (tertiary/aromatic N) is 1. The zero-order chi connectivity index (χ0) is 27.8. The van der Waals surface area contributed by atoms with E-state index in [1.807, 2.05) is 54.6 Å². The molecule has 200 valence electrons. The number of esters is 1. The number of hydrogen-bond acceptors (Lipinski definition) is 4. The number of nitrogens with one attached hydrogen (secondary N) is 2. The van der Waals surface area contributed by atoms with Crippen LogP contribution in [0, 0.1) is 0 Å². The maximum Gasteiger partial charge on any atom is 0.323 e. The second kappa shape index (κ2) is 13.1. The van der Waals surface area contributed by atoms with Crippen molar-refractivity contribution in [1.82, 2.24) is 4.90 Å². The van der Waals surface area contributed by atoms with Gasteiger partial charge in [-0.3, -0.25) is 9.59 Å². The van der Waals surface area contributed by atoms with Crippen LogP contribution in [0.1, 0.15) is 29.3 Å². The van der Waals surface area contributed by atoms with Gasteiger partial charge in [-0.05, 0) is 47.5 Å². The lowest BCUT2D eigenvalue weighted by atomic mass is 10.0. The highest BCUT2D eigenvalue weighted by Crippen LogP contribution is 2.31. The number of amides is 3. The Morgan fingerprint density at radius 3 is 2.13 bits per heavy atom. The number of anilines is 2. The largest absolute Gasteiger partial charge is 0.466 e. The zero-order valence-electron chi connectivity index (χ0n) is 21.2. The van der Waals surface area contributed by atoms with Gasteiger partial charge in [-0.15, -0.1) is 0 Å². The minimum atomic E-state index is -0.615. The second-order valence-electron chi connectivity index (χ2n) is 8.69. The van der Waals surface area contributed by atoms with E-state index < -0.39 is 12.0 Å². The number of hydrogen-bond donors (Lipinski definition) is 2. The Labute approximate surface area is 236 Å². The van der Waals surface area contributed by atoms with Gasteiger partial charge in [-0.2, -0.15) is 0 Å². The van der Waals surface area contributed by atoms with Crippen molar-refractivity contribution < 1.29 is 19.1 Å². The number of rotatable bonds is 9. The number of urea groups is 1. The van der Waals surface area contributed by atoms with Gasteiger partial charge >= 0.3 is 12.0 Å². The summed E-state index contributed by atoms with van der Waals surface area (Å²) in [7, 11) is 0. The fourth-order valence-electron chi connectivity index (χ4n) is 4.09. The van der Waals surface area contributed by atoms with Crippen molar-refractivity contribution in [3.05, 3.63) is 106 Å². The van der Waals surface area contributed by atoms with Gasteiger partial charge in [-0.25, -0.2) is 4.79 Å². The van der Waals surface area contributed by atoms with E-state index in [2.05, 4.69) is 10.6 Å². The fourth-order valence-corrected chi connectivity index (χ4v) is 4.58. The zero-order valence-corrected chi connectivity index (χ0v) is 22.8. The van der Waals surface area contributed by atoms with Crippen molar-refractivity contribution >= 4 is 63.3 Å². The van der Waals surface area contributed by atoms with E-state index in [-0.39, 0.29) is 53.3 Å². The SMILES string of the molecule is CCOC(=O)CCN(Cc1ccccc1)C(=O)c1cc2ccccc2cc1NC(=O)Nc1c(Cl)cccc1Cl. The normalized spacial score (nSPS) is 10.6. The number of benzene rings is 4. The van der Waals surface area contributed by atoms with Gasteiger partial charge in [0.1, 0.15) is 0 Å². The van der Waals surface area contributed by atoms with Crippen LogP contribution >= 0.6 is 23.2 Å². The number of carbonyl (C=O) groups excluding carboxylic acids is 3. The van der Waals surface area contributed by atoms with E-state index in [4.69, 9.17) is 27.9 Å². The van der Waals surface area contributed by atoms with Crippen molar-refractivity contribution in [2.75, 3.05) is 23.8 Å². The van der Waals surface area contributed by atoms with E-state index in [1.54, 1.807) is 42.2 Å². The highest BCUT2D eigenvalue weighted by Gasteiger charge is 2.23. The van der Waals surface area contributed by atoms with Crippen LogP contribution in [0.5, 0.6) is 0 Å². The lowest BCUT2D eigenvalue weighted by Crippen LogP contribution is -2.34. The van der Waals surface area contributed by atoms with Crippen LogP contribution in [0.2, 0.25) is 10.0 Å². The minimum absolute atomic E-state index is 0.0360. The molecule has 0 atom stereocenters. The van der Waals surface area contributed by atoms with Crippen molar-refractivity contribution in [3.8, 4) is 0 Å². The van der Waals surface area contributed by atoms with Gasteiger partial charge in [0.05, 0.1) is 40.0 Å². The van der Waals surface area contributed by atoms with E-state index in [0.29, 0.717) is 5.69 Å². The Bertz CT molecular complexity index is 1470. The third-order valence-corrected chi connectivity index (χ3v) is 6.59. The number of para-hydroxylation sites is 1. The molecule has 4 aromatic carbocycles. The average molecular weight is 564 g/mol. The first kappa shape index (κ1) is 28.0. The second-order valence-corrected chi connectivity index (χ2v) is 9.50. The number of halogens is 2. The summed E-state index contributed by atoms with van der Waals surface area (Å²) in [5.41, 5.74) is 1.73. The molecule has 2 N–H and O–H groups in total. The molecule has 0 radical (unpaired) electrons. The molecule has 0 aromatic heterocycles. The summed E-state index contributed by atoms with van der Waals surface area (Å²) in [6.07, 6.45) is 0.0360. The molecular weight excluding hydrogens is 537 g/mol. The van der Waals surface area contributed by atoms with E-state index in [0.717, 1.165) is 16.3 Å². The van der Waals surface area contributed by atoms with Crippen LogP contribution in [0.25, 0.3) is 10.8 Å². The monoisotopic (exact) mass is 563 g/mol. The quantitative estimate of drug-likeness (QED) is 0.208. The lowest BCUT2D eigenvalue weighted by molar-refractivity contribution is -0.143. The van der Waals surface area contributed by atoms with Gasteiger partial charge in [0.2, 0.25) is 0 Å². The summed E-state index contributed by atoms with van der Waals surface area (Å²) >= 11 is 12.4. The number of ether oxygens (including phenoxy) is 1. The molecule has 7 nitrogen and oxygen atoms in total. The molecule has 9 heteroatoms. The predicted molar refractivity (Wildman–Crippen MR) is 155 cm³/mol. The summed E-state index contributed by atoms with van der Waals surface area (Å²) in [6.45, 7) is 2.40. The molecule has 0 bridgehead atoms.